The molecule has 5 aromatic heterocycles. The third kappa shape index (κ3) is 2.88. The lowest BCUT2D eigenvalue weighted by molar-refractivity contribution is 0.286. The van der Waals surface area contributed by atoms with Crippen LogP contribution in [0.15, 0.2) is 64.1 Å². The second-order valence-corrected chi connectivity index (χ2v) is 6.10. The molecule has 0 aliphatic carbocycles. The highest BCUT2D eigenvalue weighted by Gasteiger charge is 2.18. The van der Waals surface area contributed by atoms with Crippen molar-refractivity contribution in [3.63, 3.8) is 0 Å². The molecule has 0 amide bonds. The first-order valence-electron chi connectivity index (χ1n) is 8.53. The lowest BCUT2D eigenvalue weighted by Gasteiger charge is -2.10. The van der Waals surface area contributed by atoms with E-state index in [0.29, 0.717) is 28.8 Å². The van der Waals surface area contributed by atoms with Crippen molar-refractivity contribution in [1.29, 1.82) is 0 Å². The summed E-state index contributed by atoms with van der Waals surface area (Å²) in [5, 5.41) is 17.0. The monoisotopic (exact) mass is 374 g/mol. The topological polar surface area (TPSA) is 104 Å². The van der Waals surface area contributed by atoms with Crippen LogP contribution in [0.2, 0.25) is 0 Å². The summed E-state index contributed by atoms with van der Waals surface area (Å²) < 4.78 is 17.9. The maximum Gasteiger partial charge on any atom is 0.240 e. The van der Waals surface area contributed by atoms with Gasteiger partial charge in [-0.2, -0.15) is 4.52 Å². The Morgan fingerprint density at radius 1 is 1.14 bits per heavy atom. The molecule has 0 aliphatic heterocycles. The maximum absolute atomic E-state index is 5.99. The molecule has 0 aromatic carbocycles. The molecule has 0 saturated heterocycles. The van der Waals surface area contributed by atoms with Crippen LogP contribution < -0.4 is 4.74 Å². The first-order valence-corrected chi connectivity index (χ1v) is 8.53. The lowest BCUT2D eigenvalue weighted by atomic mass is 10.1. The second kappa shape index (κ2) is 6.62. The molecule has 0 aliphatic rings. The molecule has 0 radical (unpaired) electrons. The SMILES string of the molecule is Cc1cc(-c2nnc3cc(-c4ccoc4)c(OCc4ccccn4)nn23)no1. The Morgan fingerprint density at radius 2 is 2.11 bits per heavy atom. The van der Waals surface area contributed by atoms with Gasteiger partial charge in [0.15, 0.2) is 11.3 Å². The highest BCUT2D eigenvalue weighted by Crippen LogP contribution is 2.31. The molecule has 5 aromatic rings. The van der Waals surface area contributed by atoms with E-state index < -0.39 is 0 Å². The van der Waals surface area contributed by atoms with Crippen LogP contribution in [0.4, 0.5) is 0 Å². The zero-order valence-corrected chi connectivity index (χ0v) is 14.8. The number of pyridine rings is 1. The van der Waals surface area contributed by atoms with Gasteiger partial charge < -0.3 is 13.7 Å². The number of hydrogen-bond acceptors (Lipinski definition) is 8. The number of ether oxygens (including phenoxy) is 1. The van der Waals surface area contributed by atoms with Crippen molar-refractivity contribution in [2.24, 2.45) is 0 Å². The van der Waals surface area contributed by atoms with Crippen molar-refractivity contribution >= 4 is 5.65 Å². The quantitative estimate of drug-likeness (QED) is 0.461. The van der Waals surface area contributed by atoms with Crippen molar-refractivity contribution in [1.82, 2.24) is 30.0 Å². The van der Waals surface area contributed by atoms with Crippen LogP contribution in [0.1, 0.15) is 11.5 Å². The summed E-state index contributed by atoms with van der Waals surface area (Å²) in [6.45, 7) is 2.08. The van der Waals surface area contributed by atoms with E-state index in [0.717, 1.165) is 16.8 Å². The number of hydrogen-bond donors (Lipinski definition) is 0. The van der Waals surface area contributed by atoms with Gasteiger partial charge in [0.05, 0.1) is 23.8 Å². The van der Waals surface area contributed by atoms with E-state index in [4.69, 9.17) is 13.7 Å². The van der Waals surface area contributed by atoms with Gasteiger partial charge in [-0.25, -0.2) is 0 Å². The van der Waals surface area contributed by atoms with Gasteiger partial charge in [-0.3, -0.25) is 4.98 Å². The predicted octanol–water partition coefficient (Wildman–Crippen LogP) is 3.32. The molecule has 9 nitrogen and oxygen atoms in total. The van der Waals surface area contributed by atoms with Crippen molar-refractivity contribution in [2.45, 2.75) is 13.5 Å². The summed E-state index contributed by atoms with van der Waals surface area (Å²) in [6.07, 6.45) is 4.94. The van der Waals surface area contributed by atoms with Gasteiger partial charge in [0.1, 0.15) is 12.4 Å². The van der Waals surface area contributed by atoms with Crippen molar-refractivity contribution in [3.05, 3.63) is 66.6 Å². The largest absolute Gasteiger partial charge is 0.472 e. The molecule has 0 fully saturated rings. The third-order valence-electron chi connectivity index (χ3n) is 4.13. The summed E-state index contributed by atoms with van der Waals surface area (Å²) in [7, 11) is 0. The fraction of sp³-hybridized carbons (Fsp3) is 0.105. The van der Waals surface area contributed by atoms with Crippen LogP contribution in [0.25, 0.3) is 28.3 Å². The highest BCUT2D eigenvalue weighted by atomic mass is 16.5. The Kier molecular flexibility index (Phi) is 3.82. The maximum atomic E-state index is 5.99. The molecule has 0 unspecified atom stereocenters. The molecule has 0 bridgehead atoms. The Morgan fingerprint density at radius 3 is 2.86 bits per heavy atom. The number of furan rings is 1. The fourth-order valence-electron chi connectivity index (χ4n) is 2.80. The van der Waals surface area contributed by atoms with E-state index >= 15 is 0 Å². The molecule has 9 heteroatoms. The Bertz CT molecular complexity index is 1230. The predicted molar refractivity (Wildman–Crippen MR) is 97.3 cm³/mol. The van der Waals surface area contributed by atoms with Crippen LogP contribution in [0, 0.1) is 6.92 Å². The van der Waals surface area contributed by atoms with E-state index in [1.807, 2.05) is 37.3 Å². The van der Waals surface area contributed by atoms with Crippen molar-refractivity contribution in [2.75, 3.05) is 0 Å². The van der Waals surface area contributed by atoms with E-state index in [9.17, 15) is 0 Å². The summed E-state index contributed by atoms with van der Waals surface area (Å²) in [4.78, 5) is 4.28. The van der Waals surface area contributed by atoms with Gasteiger partial charge in [-0.1, -0.05) is 11.2 Å². The summed E-state index contributed by atoms with van der Waals surface area (Å²) in [5.74, 6) is 1.54. The zero-order valence-electron chi connectivity index (χ0n) is 14.8. The molecular formula is C19H14N6O3. The standard InChI is InChI=1S/C19H14N6O3/c1-12-8-16(24-28-12)18-22-21-17-9-15(13-5-7-26-10-13)19(23-25(17)18)27-11-14-4-2-3-6-20-14/h2-10H,11H2,1H3. The van der Waals surface area contributed by atoms with Gasteiger partial charge in [0.25, 0.3) is 0 Å². The minimum Gasteiger partial charge on any atom is -0.472 e. The van der Waals surface area contributed by atoms with E-state index in [1.54, 1.807) is 29.3 Å². The normalized spacial score (nSPS) is 11.2. The van der Waals surface area contributed by atoms with Crippen molar-refractivity contribution in [3.8, 4) is 28.5 Å². The first kappa shape index (κ1) is 16.2. The molecule has 5 heterocycles. The van der Waals surface area contributed by atoms with Crippen LogP contribution in [-0.4, -0.2) is 30.0 Å². The number of fused-ring (bicyclic) bond motifs is 1. The third-order valence-corrected chi connectivity index (χ3v) is 4.13. The zero-order chi connectivity index (χ0) is 18.9. The molecule has 0 atom stereocenters. The first-order chi connectivity index (χ1) is 13.8. The minimum absolute atomic E-state index is 0.269. The van der Waals surface area contributed by atoms with Gasteiger partial charge >= 0.3 is 0 Å². The van der Waals surface area contributed by atoms with Crippen LogP contribution >= 0.6 is 0 Å². The summed E-state index contributed by atoms with van der Waals surface area (Å²) >= 11 is 0. The summed E-state index contributed by atoms with van der Waals surface area (Å²) in [5.41, 5.74) is 3.46. The van der Waals surface area contributed by atoms with Gasteiger partial charge in [-0.15, -0.1) is 15.3 Å². The average molecular weight is 374 g/mol. The molecule has 28 heavy (non-hydrogen) atoms. The summed E-state index contributed by atoms with van der Waals surface area (Å²) in [6, 6.07) is 11.1. The molecule has 5 rings (SSSR count). The van der Waals surface area contributed by atoms with Crippen LogP contribution in [0.5, 0.6) is 5.88 Å². The van der Waals surface area contributed by atoms with E-state index in [-0.39, 0.29) is 6.61 Å². The molecule has 138 valence electrons. The van der Waals surface area contributed by atoms with Crippen LogP contribution in [-0.2, 0) is 6.61 Å². The Hall–Kier alpha value is -4.01. The van der Waals surface area contributed by atoms with E-state index in [1.165, 1.54) is 0 Å². The lowest BCUT2D eigenvalue weighted by Crippen LogP contribution is -2.04. The van der Waals surface area contributed by atoms with Crippen molar-refractivity contribution < 1.29 is 13.7 Å². The molecule has 0 saturated carbocycles. The highest BCUT2D eigenvalue weighted by molar-refractivity contribution is 5.71. The van der Waals surface area contributed by atoms with E-state index in [2.05, 4.69) is 25.4 Å². The van der Waals surface area contributed by atoms with Gasteiger partial charge in [0, 0.05) is 17.8 Å². The number of nitrogens with zero attached hydrogens (tertiary/aromatic N) is 6. The molecular weight excluding hydrogens is 360 g/mol. The minimum atomic E-state index is 0.269. The average Bonchev–Trinajstić information content (AvgIpc) is 3.47. The number of aromatic nitrogens is 6. The van der Waals surface area contributed by atoms with Gasteiger partial charge in [-0.05, 0) is 31.2 Å². The van der Waals surface area contributed by atoms with Crippen LogP contribution in [0.3, 0.4) is 0 Å². The Labute approximate surface area is 158 Å². The smallest absolute Gasteiger partial charge is 0.240 e. The van der Waals surface area contributed by atoms with Gasteiger partial charge in [0.2, 0.25) is 11.7 Å². The fourth-order valence-corrected chi connectivity index (χ4v) is 2.80. The molecule has 0 N–H and O–H groups in total. The number of rotatable bonds is 5. The number of aryl methyl sites for hydroxylation is 1. The molecule has 0 spiro atoms. The Balaban J connectivity index is 1.61. The second-order valence-electron chi connectivity index (χ2n) is 6.10.